The van der Waals surface area contributed by atoms with Crippen LogP contribution in [0.2, 0.25) is 5.02 Å². The van der Waals surface area contributed by atoms with Gasteiger partial charge in [-0.1, -0.05) is 30.3 Å². The van der Waals surface area contributed by atoms with Gasteiger partial charge in [-0.3, -0.25) is 0 Å². The van der Waals surface area contributed by atoms with Crippen molar-refractivity contribution < 1.29 is 13.5 Å². The van der Waals surface area contributed by atoms with Crippen LogP contribution in [0.25, 0.3) is 5.57 Å². The minimum atomic E-state index is -2.81. The Hall–Kier alpha value is -1.52. The van der Waals surface area contributed by atoms with E-state index in [4.69, 9.17) is 16.3 Å². The van der Waals surface area contributed by atoms with Crippen molar-refractivity contribution in [2.45, 2.75) is 35.0 Å². The topological polar surface area (TPSA) is 9.23 Å². The van der Waals surface area contributed by atoms with E-state index in [2.05, 4.69) is 6.58 Å². The lowest BCUT2D eigenvalue weighted by Gasteiger charge is -2.27. The predicted octanol–water partition coefficient (Wildman–Crippen LogP) is 6.33. The van der Waals surface area contributed by atoms with Crippen molar-refractivity contribution >= 4 is 28.9 Å². The number of rotatable bonds is 2. The van der Waals surface area contributed by atoms with Gasteiger partial charge in [-0.15, -0.1) is 11.8 Å². The van der Waals surface area contributed by atoms with Crippen LogP contribution in [0.1, 0.15) is 34.9 Å². The summed E-state index contributed by atoms with van der Waals surface area (Å²) < 4.78 is 30.6. The molecule has 0 amide bonds. The van der Waals surface area contributed by atoms with E-state index in [1.807, 2.05) is 24.3 Å². The molecule has 0 saturated heterocycles. The van der Waals surface area contributed by atoms with Gasteiger partial charge in [-0.25, -0.2) is 0 Å². The monoisotopic (exact) mass is 376 g/mol. The van der Waals surface area contributed by atoms with Crippen LogP contribution in [0.5, 0.6) is 5.75 Å². The molecule has 1 nitrogen and oxygen atoms in total. The standard InChI is InChI=1S/C20H15ClF2OS/c1-9-11-6-5-10(21)7-12(11)18-13-8-16(17(9)18)25-15-4-2-3-14(19(13)15)24-20(22)23/h2-7,13,16-18,20H,1,8H2/t13?,16-,17?,18+/m0/s1. The first-order valence-corrected chi connectivity index (χ1v) is 9.53. The minimum absolute atomic E-state index is 0.165. The fraction of sp³-hybridized carbons (Fsp3) is 0.300. The molecule has 2 aromatic rings. The maximum atomic E-state index is 12.9. The molecule has 0 aromatic heterocycles. The Kier molecular flexibility index (Phi) is 3.45. The van der Waals surface area contributed by atoms with Crippen LogP contribution in [-0.2, 0) is 0 Å². The molecule has 1 fully saturated rings. The third-order valence-corrected chi connectivity index (χ3v) is 7.35. The Labute approximate surface area is 154 Å². The zero-order valence-corrected chi connectivity index (χ0v) is 14.8. The van der Waals surface area contributed by atoms with E-state index in [0.717, 1.165) is 22.5 Å². The van der Waals surface area contributed by atoms with Gasteiger partial charge < -0.3 is 4.74 Å². The normalized spacial score (nSPS) is 28.7. The van der Waals surface area contributed by atoms with Gasteiger partial charge in [0.1, 0.15) is 5.75 Å². The van der Waals surface area contributed by atoms with E-state index >= 15 is 0 Å². The maximum absolute atomic E-state index is 12.9. The largest absolute Gasteiger partial charge is 0.434 e. The molecule has 5 heteroatoms. The van der Waals surface area contributed by atoms with Crippen molar-refractivity contribution in [3.05, 3.63) is 64.7 Å². The molecule has 5 rings (SSSR count). The van der Waals surface area contributed by atoms with Gasteiger partial charge in [0, 0.05) is 26.6 Å². The lowest BCUT2D eigenvalue weighted by atomic mass is 9.83. The number of fused-ring (bicyclic) bond motifs is 9. The van der Waals surface area contributed by atoms with Crippen molar-refractivity contribution in [2.75, 3.05) is 0 Å². The quantitative estimate of drug-likeness (QED) is 0.605. The highest BCUT2D eigenvalue weighted by Gasteiger charge is 2.54. The van der Waals surface area contributed by atoms with E-state index < -0.39 is 6.61 Å². The number of ether oxygens (including phenoxy) is 1. The first-order chi connectivity index (χ1) is 12.0. The minimum Gasteiger partial charge on any atom is -0.434 e. The molecule has 25 heavy (non-hydrogen) atoms. The van der Waals surface area contributed by atoms with E-state index in [1.165, 1.54) is 11.1 Å². The summed E-state index contributed by atoms with van der Waals surface area (Å²) >= 11 is 8.02. The maximum Gasteiger partial charge on any atom is 0.387 e. The molecule has 1 heterocycles. The number of allylic oxidation sites excluding steroid dienone is 1. The van der Waals surface area contributed by atoms with E-state index in [1.54, 1.807) is 23.9 Å². The van der Waals surface area contributed by atoms with Gasteiger partial charge >= 0.3 is 6.61 Å². The summed E-state index contributed by atoms with van der Waals surface area (Å²) in [6.07, 6.45) is 0.960. The second kappa shape index (κ2) is 5.49. The molecular weight excluding hydrogens is 362 g/mol. The van der Waals surface area contributed by atoms with Crippen LogP contribution in [0, 0.1) is 5.92 Å². The first-order valence-electron chi connectivity index (χ1n) is 8.27. The van der Waals surface area contributed by atoms with E-state index in [-0.39, 0.29) is 11.8 Å². The van der Waals surface area contributed by atoms with Crippen molar-refractivity contribution in [1.29, 1.82) is 0 Å². The zero-order valence-electron chi connectivity index (χ0n) is 13.2. The smallest absolute Gasteiger partial charge is 0.387 e. The molecule has 1 saturated carbocycles. The van der Waals surface area contributed by atoms with Crippen molar-refractivity contribution in [2.24, 2.45) is 5.92 Å². The lowest BCUT2D eigenvalue weighted by molar-refractivity contribution is -0.0508. The highest BCUT2D eigenvalue weighted by Crippen LogP contribution is 2.67. The fourth-order valence-electron chi connectivity index (χ4n) is 4.93. The van der Waals surface area contributed by atoms with Crippen LogP contribution < -0.4 is 4.74 Å². The van der Waals surface area contributed by atoms with Gasteiger partial charge in [0.15, 0.2) is 0 Å². The van der Waals surface area contributed by atoms with E-state index in [9.17, 15) is 8.78 Å². The number of thioether (sulfide) groups is 1. The average Bonchev–Trinajstić information content (AvgIpc) is 3.01. The highest BCUT2D eigenvalue weighted by atomic mass is 35.5. The number of hydrogen-bond donors (Lipinski definition) is 0. The Morgan fingerprint density at radius 1 is 1.20 bits per heavy atom. The van der Waals surface area contributed by atoms with Gasteiger partial charge in [-0.2, -0.15) is 8.78 Å². The summed E-state index contributed by atoms with van der Waals surface area (Å²) in [5.41, 5.74) is 4.46. The van der Waals surface area contributed by atoms with Gasteiger partial charge in [0.05, 0.1) is 0 Å². The van der Waals surface area contributed by atoms with Crippen LogP contribution in [0.3, 0.4) is 0 Å². The third kappa shape index (κ3) is 2.20. The summed E-state index contributed by atoms with van der Waals surface area (Å²) in [5.74, 6) is 1.04. The molecular formula is C20H15ClF2OS. The van der Waals surface area contributed by atoms with Gasteiger partial charge in [0.2, 0.25) is 0 Å². The highest BCUT2D eigenvalue weighted by molar-refractivity contribution is 8.00. The molecule has 4 atom stereocenters. The number of benzene rings is 2. The molecule has 0 radical (unpaired) electrons. The number of halogens is 3. The average molecular weight is 377 g/mol. The Bertz CT molecular complexity index is 897. The molecule has 128 valence electrons. The molecule has 0 spiro atoms. The first kappa shape index (κ1) is 15.7. The Balaban J connectivity index is 1.68. The summed E-state index contributed by atoms with van der Waals surface area (Å²) in [7, 11) is 0. The molecule has 1 aliphatic heterocycles. The van der Waals surface area contributed by atoms with E-state index in [0.29, 0.717) is 21.9 Å². The van der Waals surface area contributed by atoms with Crippen LogP contribution in [0.4, 0.5) is 8.78 Å². The molecule has 2 aromatic carbocycles. The molecule has 0 N–H and O–H groups in total. The van der Waals surface area contributed by atoms with Crippen molar-refractivity contribution in [3.63, 3.8) is 0 Å². The number of alkyl halides is 2. The Morgan fingerprint density at radius 2 is 2.04 bits per heavy atom. The van der Waals surface area contributed by atoms with Crippen molar-refractivity contribution in [1.82, 2.24) is 0 Å². The lowest BCUT2D eigenvalue weighted by Crippen LogP contribution is -2.13. The number of hydrogen-bond acceptors (Lipinski definition) is 2. The third-order valence-electron chi connectivity index (χ3n) is 5.72. The van der Waals surface area contributed by atoms with Crippen LogP contribution in [-0.4, -0.2) is 11.9 Å². The van der Waals surface area contributed by atoms with Crippen molar-refractivity contribution in [3.8, 4) is 5.75 Å². The molecule has 2 unspecified atom stereocenters. The van der Waals surface area contributed by atoms with Crippen LogP contribution >= 0.6 is 23.4 Å². The summed E-state index contributed by atoms with van der Waals surface area (Å²) in [4.78, 5) is 1.06. The second-order valence-electron chi connectivity index (χ2n) is 6.85. The molecule has 3 aliphatic rings. The van der Waals surface area contributed by atoms with Crippen LogP contribution in [0.15, 0.2) is 47.9 Å². The van der Waals surface area contributed by atoms with Gasteiger partial charge in [0.25, 0.3) is 0 Å². The molecule has 2 aliphatic carbocycles. The SMILES string of the molecule is C=C1c2ccc(Cl)cc2[C@@H]2C3C[C@H](Sc4cccc(OC(F)F)c43)C12. The summed E-state index contributed by atoms with van der Waals surface area (Å²) in [5, 5.41) is 1.13. The summed E-state index contributed by atoms with van der Waals surface area (Å²) in [6.45, 7) is 1.54. The second-order valence-corrected chi connectivity index (χ2v) is 8.57. The predicted molar refractivity (Wildman–Crippen MR) is 96.8 cm³/mol. The zero-order chi connectivity index (χ0) is 17.3. The fourth-order valence-corrected chi connectivity index (χ4v) is 6.76. The van der Waals surface area contributed by atoms with Gasteiger partial charge in [-0.05, 0) is 59.2 Å². The molecule has 2 bridgehead atoms. The Morgan fingerprint density at radius 3 is 2.84 bits per heavy atom. The summed E-state index contributed by atoms with van der Waals surface area (Å²) in [6, 6.07) is 11.4.